The molecule has 0 unspecified atom stereocenters. The van der Waals surface area contributed by atoms with Crippen molar-refractivity contribution in [1.82, 2.24) is 4.98 Å². The minimum absolute atomic E-state index is 0.0550. The molecule has 1 atom stereocenters. The number of carbonyl (C=O) groups is 1. The molecule has 1 saturated carbocycles. The van der Waals surface area contributed by atoms with Crippen LogP contribution in [0.4, 0.5) is 5.69 Å². The maximum atomic E-state index is 14.0. The Morgan fingerprint density at radius 2 is 1.65 bits per heavy atom. The van der Waals surface area contributed by atoms with Crippen LogP contribution in [-0.2, 0) is 16.2 Å². The van der Waals surface area contributed by atoms with E-state index in [1.54, 1.807) is 0 Å². The van der Waals surface area contributed by atoms with Crippen LogP contribution in [0.2, 0.25) is 0 Å². The number of amides is 1. The number of fused-ring (bicyclic) bond motifs is 1. The summed E-state index contributed by atoms with van der Waals surface area (Å²) < 4.78 is 6.04. The molecule has 6 heteroatoms. The van der Waals surface area contributed by atoms with Gasteiger partial charge in [-0.1, -0.05) is 67.4 Å². The number of pyridine rings is 1. The van der Waals surface area contributed by atoms with Crippen LogP contribution in [-0.4, -0.2) is 24.0 Å². The monoisotopic (exact) mass is 495 g/mol. The number of hydrogen-bond acceptors (Lipinski definition) is 5. The molecule has 1 aliphatic rings. The molecule has 1 aromatic heterocycles. The number of para-hydroxylation sites is 2. The number of nitrogens with two attached hydrogens (primary N) is 1. The fourth-order valence-electron chi connectivity index (χ4n) is 5.12. The van der Waals surface area contributed by atoms with E-state index < -0.39 is 0 Å². The third-order valence-electron chi connectivity index (χ3n) is 6.95. The number of carbonyl (C=O) groups excluding carboxylic acids is 1. The average Bonchev–Trinajstić information content (AvgIpc) is 3.48. The summed E-state index contributed by atoms with van der Waals surface area (Å²) in [5.74, 6) is 0.668. The zero-order valence-electron chi connectivity index (χ0n) is 21.0. The first kappa shape index (κ1) is 24.9. The summed E-state index contributed by atoms with van der Waals surface area (Å²) in [6.07, 6.45) is 4.34. The molecular weight excluding hydrogens is 462 g/mol. The van der Waals surface area contributed by atoms with E-state index in [0.29, 0.717) is 18.8 Å². The normalized spacial score (nSPS) is 14.5. The molecule has 190 valence electrons. The highest BCUT2D eigenvalue weighted by Crippen LogP contribution is 2.40. The molecule has 0 aliphatic heterocycles. The number of hydrogen-bond donors (Lipinski definition) is 1. The number of hydroxylamine groups is 1. The number of ether oxygens (including phenoxy) is 1. The van der Waals surface area contributed by atoms with Gasteiger partial charge in [0.15, 0.2) is 0 Å². The fourth-order valence-corrected chi connectivity index (χ4v) is 5.12. The van der Waals surface area contributed by atoms with E-state index in [2.05, 4.69) is 11.1 Å². The molecule has 4 aromatic rings. The molecule has 0 spiro atoms. The quantitative estimate of drug-likeness (QED) is 0.273. The predicted molar refractivity (Wildman–Crippen MR) is 146 cm³/mol. The number of aromatic nitrogens is 1. The SMILES string of the molecule is NCCON(C(=O)[C@@H](c1ccc(OCc2ccc3ccccc3n2)cc1)C1CCCC1)c1ccccc1. The predicted octanol–water partition coefficient (Wildman–Crippen LogP) is 6.01. The van der Waals surface area contributed by atoms with Gasteiger partial charge in [-0.2, -0.15) is 5.06 Å². The Bertz CT molecular complexity index is 1300. The van der Waals surface area contributed by atoms with Gasteiger partial charge in [0.25, 0.3) is 5.91 Å². The molecule has 0 radical (unpaired) electrons. The molecule has 6 nitrogen and oxygen atoms in total. The number of benzene rings is 3. The first-order valence-corrected chi connectivity index (χ1v) is 13.0. The van der Waals surface area contributed by atoms with Crippen LogP contribution >= 0.6 is 0 Å². The Labute approximate surface area is 218 Å². The van der Waals surface area contributed by atoms with Gasteiger partial charge in [0.1, 0.15) is 12.4 Å². The van der Waals surface area contributed by atoms with Crippen molar-refractivity contribution in [2.24, 2.45) is 11.7 Å². The number of nitrogens with zero attached hydrogens (tertiary/aromatic N) is 2. The molecular formula is C31H33N3O3. The van der Waals surface area contributed by atoms with Gasteiger partial charge < -0.3 is 10.5 Å². The van der Waals surface area contributed by atoms with Crippen molar-refractivity contribution in [3.8, 4) is 5.75 Å². The van der Waals surface area contributed by atoms with E-state index in [0.717, 1.165) is 53.6 Å². The molecule has 1 heterocycles. The van der Waals surface area contributed by atoms with Crippen LogP contribution in [0.15, 0.2) is 91.0 Å². The molecule has 1 amide bonds. The summed E-state index contributed by atoms with van der Waals surface area (Å²) in [5, 5.41) is 2.55. The second-order valence-corrected chi connectivity index (χ2v) is 9.47. The molecule has 37 heavy (non-hydrogen) atoms. The van der Waals surface area contributed by atoms with Gasteiger partial charge in [0, 0.05) is 11.9 Å². The lowest BCUT2D eigenvalue weighted by molar-refractivity contribution is -0.128. The molecule has 2 N–H and O–H groups in total. The van der Waals surface area contributed by atoms with E-state index in [9.17, 15) is 4.79 Å². The van der Waals surface area contributed by atoms with Crippen LogP contribution in [0.5, 0.6) is 5.75 Å². The highest BCUT2D eigenvalue weighted by Gasteiger charge is 2.36. The third-order valence-corrected chi connectivity index (χ3v) is 6.95. The minimum Gasteiger partial charge on any atom is -0.487 e. The Morgan fingerprint density at radius 3 is 2.41 bits per heavy atom. The Kier molecular flexibility index (Phi) is 8.08. The third kappa shape index (κ3) is 5.98. The van der Waals surface area contributed by atoms with Gasteiger partial charge in [0.2, 0.25) is 0 Å². The largest absolute Gasteiger partial charge is 0.487 e. The zero-order chi connectivity index (χ0) is 25.5. The van der Waals surface area contributed by atoms with E-state index in [-0.39, 0.29) is 24.3 Å². The van der Waals surface area contributed by atoms with Crippen molar-refractivity contribution in [3.63, 3.8) is 0 Å². The maximum absolute atomic E-state index is 14.0. The van der Waals surface area contributed by atoms with Gasteiger partial charge in [-0.15, -0.1) is 0 Å². The lowest BCUT2D eigenvalue weighted by Gasteiger charge is -2.30. The Morgan fingerprint density at radius 1 is 0.919 bits per heavy atom. The maximum Gasteiger partial charge on any atom is 0.258 e. The van der Waals surface area contributed by atoms with E-state index in [1.807, 2.05) is 84.9 Å². The molecule has 0 saturated heterocycles. The van der Waals surface area contributed by atoms with Crippen LogP contribution in [0, 0.1) is 5.92 Å². The highest BCUT2D eigenvalue weighted by molar-refractivity contribution is 5.96. The number of rotatable bonds is 10. The lowest BCUT2D eigenvalue weighted by atomic mass is 9.84. The van der Waals surface area contributed by atoms with Gasteiger partial charge in [-0.05, 0) is 60.7 Å². The second-order valence-electron chi connectivity index (χ2n) is 9.47. The van der Waals surface area contributed by atoms with Crippen molar-refractivity contribution in [2.45, 2.75) is 38.2 Å². The molecule has 5 rings (SSSR count). The topological polar surface area (TPSA) is 77.7 Å². The second kappa shape index (κ2) is 12.0. The van der Waals surface area contributed by atoms with Crippen molar-refractivity contribution >= 4 is 22.5 Å². The minimum atomic E-state index is -0.295. The van der Waals surface area contributed by atoms with Crippen LogP contribution in [0.1, 0.15) is 42.9 Å². The van der Waals surface area contributed by atoms with Gasteiger partial charge in [-0.25, -0.2) is 4.98 Å². The van der Waals surface area contributed by atoms with Gasteiger partial charge >= 0.3 is 0 Å². The summed E-state index contributed by atoms with van der Waals surface area (Å²) in [7, 11) is 0. The fraction of sp³-hybridized carbons (Fsp3) is 0.290. The average molecular weight is 496 g/mol. The van der Waals surface area contributed by atoms with Crippen molar-refractivity contribution in [2.75, 3.05) is 18.2 Å². The highest BCUT2D eigenvalue weighted by atomic mass is 16.7. The first-order chi connectivity index (χ1) is 18.2. The smallest absolute Gasteiger partial charge is 0.258 e. The van der Waals surface area contributed by atoms with Crippen molar-refractivity contribution < 1.29 is 14.4 Å². The summed E-state index contributed by atoms with van der Waals surface area (Å²) in [5.41, 5.74) is 9.22. The van der Waals surface area contributed by atoms with E-state index in [1.165, 1.54) is 5.06 Å². The molecule has 3 aromatic carbocycles. The van der Waals surface area contributed by atoms with E-state index in [4.69, 9.17) is 15.3 Å². The first-order valence-electron chi connectivity index (χ1n) is 13.0. The lowest BCUT2D eigenvalue weighted by Crippen LogP contribution is -2.39. The van der Waals surface area contributed by atoms with E-state index >= 15 is 0 Å². The molecule has 1 fully saturated rings. The summed E-state index contributed by atoms with van der Waals surface area (Å²) in [6.45, 7) is 0.986. The van der Waals surface area contributed by atoms with Crippen molar-refractivity contribution in [1.29, 1.82) is 0 Å². The van der Waals surface area contributed by atoms with Crippen LogP contribution < -0.4 is 15.5 Å². The Hall–Kier alpha value is -3.74. The van der Waals surface area contributed by atoms with Gasteiger partial charge in [-0.3, -0.25) is 9.63 Å². The summed E-state index contributed by atoms with van der Waals surface area (Å²) in [6, 6.07) is 29.5. The molecule has 1 aliphatic carbocycles. The summed E-state index contributed by atoms with van der Waals surface area (Å²) in [4.78, 5) is 24.5. The standard InChI is InChI=1S/C31H33N3O3/c32-20-21-37-34(27-11-2-1-3-12-27)31(35)30(24-9-4-5-10-24)25-15-18-28(19-16-25)36-22-26-17-14-23-8-6-7-13-29(23)33-26/h1-3,6-8,11-19,24,30H,4-5,9-10,20-22,32H2/t30-/m1/s1. The van der Waals surface area contributed by atoms with Crippen LogP contribution in [0.3, 0.4) is 0 Å². The van der Waals surface area contributed by atoms with Gasteiger partial charge in [0.05, 0.1) is 29.4 Å². The Balaban J connectivity index is 1.34. The van der Waals surface area contributed by atoms with Crippen LogP contribution in [0.25, 0.3) is 10.9 Å². The van der Waals surface area contributed by atoms with Crippen molar-refractivity contribution in [3.05, 3.63) is 102 Å². The molecule has 0 bridgehead atoms. The summed E-state index contributed by atoms with van der Waals surface area (Å²) >= 11 is 0. The number of anilines is 1. The zero-order valence-corrected chi connectivity index (χ0v) is 21.0.